The van der Waals surface area contributed by atoms with Gasteiger partial charge in [0.2, 0.25) is 0 Å². The molecule has 0 unspecified atom stereocenters. The minimum absolute atomic E-state index is 1.06. The highest BCUT2D eigenvalue weighted by Gasteiger charge is 2.09. The molecule has 0 heteroatoms. The number of hydrogen-bond acceptors (Lipinski definition) is 0. The number of unbranched alkanes of at least 4 members (excludes halogenated alkanes) is 1. The Bertz CT molecular complexity index is 68.1. The Morgan fingerprint density at radius 2 is 0.941 bits per heavy atom. The molecule has 0 amide bonds. The van der Waals surface area contributed by atoms with Gasteiger partial charge in [-0.1, -0.05) is 93.4 Å². The summed E-state index contributed by atoms with van der Waals surface area (Å²) in [5, 5.41) is 0. The first-order chi connectivity index (χ1) is 8.14. The van der Waals surface area contributed by atoms with Crippen LogP contribution in [-0.4, -0.2) is 0 Å². The fourth-order valence-electron chi connectivity index (χ4n) is 0.612. The van der Waals surface area contributed by atoms with Gasteiger partial charge < -0.3 is 0 Å². The predicted octanol–water partition coefficient (Wildman–Crippen LogP) is 7.25. The zero-order valence-electron chi connectivity index (χ0n) is 13.9. The largest absolute Gasteiger partial charge is 0.106 e. The molecule has 0 atom stereocenters. The van der Waals surface area contributed by atoms with Crippen molar-refractivity contribution in [3.05, 3.63) is 13.2 Å². The van der Waals surface area contributed by atoms with E-state index in [1.807, 2.05) is 0 Å². The van der Waals surface area contributed by atoms with E-state index in [1.54, 1.807) is 0 Å². The van der Waals surface area contributed by atoms with Crippen molar-refractivity contribution in [3.63, 3.8) is 0 Å². The highest BCUT2D eigenvalue weighted by molar-refractivity contribution is 4.62. The highest BCUT2D eigenvalue weighted by atomic mass is 14.1. The molecule has 1 aliphatic carbocycles. The molecule has 1 fully saturated rings. The van der Waals surface area contributed by atoms with Crippen molar-refractivity contribution >= 4 is 0 Å². The van der Waals surface area contributed by atoms with Gasteiger partial charge >= 0.3 is 0 Å². The SMILES string of the molecule is C=C.CC1CCC1.CCC.CCC.CCCC. The van der Waals surface area contributed by atoms with Crippen LogP contribution in [0, 0.1) is 5.92 Å². The standard InChI is InChI=1S/C5H10.C4H10.2C3H8.C2H4/c1-5-3-2-4-5;1-3-4-2;2*1-3-2;1-2/h5H,2-4H2,1H3;3-4H2,1-2H3;2*3H2,1-2H3;1-2H2. The average molecular weight is 245 g/mol. The lowest BCUT2D eigenvalue weighted by molar-refractivity contribution is 0.346. The summed E-state index contributed by atoms with van der Waals surface area (Å²) >= 11 is 0. The van der Waals surface area contributed by atoms with Crippen LogP contribution >= 0.6 is 0 Å². The van der Waals surface area contributed by atoms with E-state index in [0.29, 0.717) is 0 Å². The summed E-state index contributed by atoms with van der Waals surface area (Å²) in [6.07, 6.45) is 9.60. The Hall–Kier alpha value is -0.260. The molecule has 0 nitrogen and oxygen atoms in total. The second kappa shape index (κ2) is 36.0. The molecule has 0 aliphatic heterocycles. The minimum Gasteiger partial charge on any atom is -0.106 e. The van der Waals surface area contributed by atoms with Crippen LogP contribution in [0.3, 0.4) is 0 Å². The van der Waals surface area contributed by atoms with E-state index in [1.165, 1.54) is 44.9 Å². The fraction of sp³-hybridized carbons (Fsp3) is 0.882. The molecule has 0 aromatic heterocycles. The first-order valence-corrected chi connectivity index (χ1v) is 7.64. The molecule has 0 bridgehead atoms. The van der Waals surface area contributed by atoms with Gasteiger partial charge in [-0.25, -0.2) is 0 Å². The Kier molecular flexibility index (Phi) is 54.2. The third-order valence-electron chi connectivity index (χ3n) is 1.89. The molecule has 0 N–H and O–H groups in total. The van der Waals surface area contributed by atoms with Gasteiger partial charge in [0.15, 0.2) is 0 Å². The maximum atomic E-state index is 3.00. The Labute approximate surface area is 113 Å². The van der Waals surface area contributed by atoms with Crippen molar-refractivity contribution in [3.8, 4) is 0 Å². The molecule has 0 saturated heterocycles. The summed E-state index contributed by atoms with van der Waals surface area (Å²) in [5.41, 5.74) is 0. The van der Waals surface area contributed by atoms with E-state index >= 15 is 0 Å². The van der Waals surface area contributed by atoms with Crippen LogP contribution in [0.4, 0.5) is 0 Å². The van der Waals surface area contributed by atoms with Crippen molar-refractivity contribution in [1.82, 2.24) is 0 Å². The summed E-state index contributed by atoms with van der Waals surface area (Å²) in [7, 11) is 0. The molecule has 17 heavy (non-hydrogen) atoms. The summed E-state index contributed by atoms with van der Waals surface area (Å²) in [5.74, 6) is 1.06. The molecular weight excluding hydrogens is 204 g/mol. The minimum atomic E-state index is 1.06. The monoisotopic (exact) mass is 244 g/mol. The predicted molar refractivity (Wildman–Crippen MR) is 86.8 cm³/mol. The zero-order chi connectivity index (χ0) is 14.5. The first kappa shape index (κ1) is 25.6. The van der Waals surface area contributed by atoms with Crippen molar-refractivity contribution < 1.29 is 0 Å². The smallest absolute Gasteiger partial charge is 0.0443 e. The molecule has 0 aromatic carbocycles. The van der Waals surface area contributed by atoms with Gasteiger partial charge in [-0.05, 0) is 5.92 Å². The Balaban J connectivity index is -0.0000000650. The summed E-state index contributed by atoms with van der Waals surface area (Å²) < 4.78 is 0. The molecule has 1 aliphatic rings. The van der Waals surface area contributed by atoms with Gasteiger partial charge in [0.05, 0.1) is 0 Å². The normalized spacial score (nSPS) is 11.7. The summed E-state index contributed by atoms with van der Waals surface area (Å²) in [6, 6.07) is 0. The lowest BCUT2D eigenvalue weighted by atomic mass is 9.88. The van der Waals surface area contributed by atoms with E-state index in [0.717, 1.165) is 5.92 Å². The molecule has 1 saturated carbocycles. The molecule has 108 valence electrons. The quantitative estimate of drug-likeness (QED) is 0.426. The van der Waals surface area contributed by atoms with Crippen molar-refractivity contribution in [2.45, 2.75) is 93.4 Å². The van der Waals surface area contributed by atoms with E-state index in [2.05, 4.69) is 61.6 Å². The van der Waals surface area contributed by atoms with Crippen LogP contribution in [0.1, 0.15) is 93.4 Å². The van der Waals surface area contributed by atoms with Gasteiger partial charge in [-0.15, -0.1) is 13.2 Å². The molecular formula is C17H40. The molecule has 0 heterocycles. The number of rotatable bonds is 1. The Morgan fingerprint density at radius 1 is 0.765 bits per heavy atom. The van der Waals surface area contributed by atoms with Gasteiger partial charge in [0, 0.05) is 0 Å². The summed E-state index contributed by atoms with van der Waals surface area (Å²) in [6.45, 7) is 21.2. The fourth-order valence-corrected chi connectivity index (χ4v) is 0.612. The second-order valence-electron chi connectivity index (χ2n) is 4.45. The lowest BCUT2D eigenvalue weighted by Gasteiger charge is -2.18. The highest BCUT2D eigenvalue weighted by Crippen LogP contribution is 2.24. The molecule has 0 aromatic rings. The van der Waals surface area contributed by atoms with Crippen molar-refractivity contribution in [2.24, 2.45) is 5.92 Å². The molecule has 0 radical (unpaired) electrons. The van der Waals surface area contributed by atoms with E-state index in [4.69, 9.17) is 0 Å². The van der Waals surface area contributed by atoms with Gasteiger partial charge in [0.25, 0.3) is 0 Å². The summed E-state index contributed by atoms with van der Waals surface area (Å²) in [4.78, 5) is 0. The third-order valence-corrected chi connectivity index (χ3v) is 1.89. The van der Waals surface area contributed by atoms with Gasteiger partial charge in [0.1, 0.15) is 0 Å². The zero-order valence-corrected chi connectivity index (χ0v) is 13.9. The van der Waals surface area contributed by atoms with Gasteiger partial charge in [-0.3, -0.25) is 0 Å². The Morgan fingerprint density at radius 3 is 0.941 bits per heavy atom. The van der Waals surface area contributed by atoms with Crippen LogP contribution < -0.4 is 0 Å². The van der Waals surface area contributed by atoms with Crippen LogP contribution in [0.15, 0.2) is 13.2 Å². The van der Waals surface area contributed by atoms with Crippen molar-refractivity contribution in [2.75, 3.05) is 0 Å². The van der Waals surface area contributed by atoms with E-state index < -0.39 is 0 Å². The lowest BCUT2D eigenvalue weighted by Crippen LogP contribution is -2.04. The van der Waals surface area contributed by atoms with Crippen LogP contribution in [0.2, 0.25) is 0 Å². The number of hydrogen-bond donors (Lipinski definition) is 0. The topological polar surface area (TPSA) is 0 Å². The third kappa shape index (κ3) is 65.4. The van der Waals surface area contributed by atoms with Crippen LogP contribution in [0.25, 0.3) is 0 Å². The van der Waals surface area contributed by atoms with E-state index in [-0.39, 0.29) is 0 Å². The van der Waals surface area contributed by atoms with Gasteiger partial charge in [-0.2, -0.15) is 0 Å². The van der Waals surface area contributed by atoms with Crippen molar-refractivity contribution in [1.29, 1.82) is 0 Å². The van der Waals surface area contributed by atoms with Crippen LogP contribution in [0.5, 0.6) is 0 Å². The second-order valence-corrected chi connectivity index (χ2v) is 4.45. The molecule has 0 spiro atoms. The maximum Gasteiger partial charge on any atom is -0.0443 e. The first-order valence-electron chi connectivity index (χ1n) is 7.64. The van der Waals surface area contributed by atoms with Crippen LogP contribution in [-0.2, 0) is 0 Å². The van der Waals surface area contributed by atoms with E-state index in [9.17, 15) is 0 Å². The maximum absolute atomic E-state index is 3.00. The average Bonchev–Trinajstić information content (AvgIpc) is 2.31. The molecule has 1 rings (SSSR count).